The summed E-state index contributed by atoms with van der Waals surface area (Å²) in [6.45, 7) is 0.510. The van der Waals surface area contributed by atoms with Crippen molar-refractivity contribution in [3.63, 3.8) is 0 Å². The number of hydrogen-bond donors (Lipinski definition) is 0. The molecule has 2 rings (SSSR count). The van der Waals surface area contributed by atoms with Crippen LogP contribution in [0.1, 0.15) is 29.6 Å². The average molecular weight is 294 g/mol. The topological polar surface area (TPSA) is 57.0 Å². The van der Waals surface area contributed by atoms with E-state index in [0.29, 0.717) is 29.2 Å². The number of carbonyl (C=O) groups excluding carboxylic acids is 1. The number of amides is 1. The van der Waals surface area contributed by atoms with Crippen molar-refractivity contribution in [1.82, 2.24) is 9.88 Å². The largest absolute Gasteiger partial charge is 0.335 e. The number of carbonyl (C=O) groups is 1. The zero-order valence-electron chi connectivity index (χ0n) is 9.27. The normalized spacial score (nSPS) is 14.1. The van der Waals surface area contributed by atoms with E-state index in [0.717, 1.165) is 12.8 Å². The highest BCUT2D eigenvalue weighted by Crippen LogP contribution is 2.28. The van der Waals surface area contributed by atoms with Crippen molar-refractivity contribution in [2.45, 2.75) is 25.3 Å². The number of aromatic nitrogens is 1. The van der Waals surface area contributed by atoms with E-state index in [9.17, 15) is 4.79 Å². The van der Waals surface area contributed by atoms with Gasteiger partial charge in [-0.05, 0) is 40.9 Å². The SMILES string of the molecule is N#CCCN(C(=O)c1ccc(Br)nc1)C1CC1. The fraction of sp³-hybridized carbons (Fsp3) is 0.417. The van der Waals surface area contributed by atoms with Gasteiger partial charge in [0.05, 0.1) is 18.1 Å². The van der Waals surface area contributed by atoms with Crippen LogP contribution < -0.4 is 0 Å². The van der Waals surface area contributed by atoms with Crippen LogP contribution in [-0.4, -0.2) is 28.4 Å². The molecule has 1 aliphatic rings. The second-order valence-corrected chi connectivity index (χ2v) is 4.82. The lowest BCUT2D eigenvalue weighted by molar-refractivity contribution is 0.0746. The van der Waals surface area contributed by atoms with Gasteiger partial charge in [0.1, 0.15) is 4.60 Å². The predicted octanol–water partition coefficient (Wildman–Crippen LogP) is 2.36. The van der Waals surface area contributed by atoms with Crippen molar-refractivity contribution in [2.24, 2.45) is 0 Å². The summed E-state index contributed by atoms with van der Waals surface area (Å²) < 4.78 is 0.712. The Labute approximate surface area is 108 Å². The molecule has 0 atom stereocenters. The number of halogens is 1. The summed E-state index contributed by atoms with van der Waals surface area (Å²) in [4.78, 5) is 18.0. The lowest BCUT2D eigenvalue weighted by Crippen LogP contribution is -2.33. The summed E-state index contributed by atoms with van der Waals surface area (Å²) in [7, 11) is 0. The van der Waals surface area contributed by atoms with Crippen molar-refractivity contribution < 1.29 is 4.79 Å². The van der Waals surface area contributed by atoms with Gasteiger partial charge in [-0.3, -0.25) is 4.79 Å². The van der Waals surface area contributed by atoms with Crippen LogP contribution in [0.4, 0.5) is 0 Å². The van der Waals surface area contributed by atoms with Crippen LogP contribution in [-0.2, 0) is 0 Å². The van der Waals surface area contributed by atoms with Crippen LogP contribution in [0.2, 0.25) is 0 Å². The molecule has 0 aromatic carbocycles. The maximum absolute atomic E-state index is 12.2. The van der Waals surface area contributed by atoms with Crippen molar-refractivity contribution in [1.29, 1.82) is 5.26 Å². The minimum atomic E-state index is -0.0252. The van der Waals surface area contributed by atoms with Gasteiger partial charge < -0.3 is 4.90 Å². The molecule has 17 heavy (non-hydrogen) atoms. The smallest absolute Gasteiger partial charge is 0.255 e. The van der Waals surface area contributed by atoms with E-state index < -0.39 is 0 Å². The molecule has 0 bridgehead atoms. The molecule has 1 fully saturated rings. The van der Waals surface area contributed by atoms with Gasteiger partial charge in [0.15, 0.2) is 0 Å². The van der Waals surface area contributed by atoms with Crippen LogP contribution in [0.15, 0.2) is 22.9 Å². The molecule has 1 saturated carbocycles. The number of rotatable bonds is 4. The molecule has 0 N–H and O–H groups in total. The van der Waals surface area contributed by atoms with Crippen LogP contribution in [0.3, 0.4) is 0 Å². The minimum Gasteiger partial charge on any atom is -0.335 e. The molecular weight excluding hydrogens is 282 g/mol. The van der Waals surface area contributed by atoms with Crippen LogP contribution in [0, 0.1) is 11.3 Å². The van der Waals surface area contributed by atoms with Crippen LogP contribution in [0.5, 0.6) is 0 Å². The third kappa shape index (κ3) is 3.04. The summed E-state index contributed by atoms with van der Waals surface area (Å²) in [5.74, 6) is -0.0252. The van der Waals surface area contributed by atoms with Gasteiger partial charge in [0.25, 0.3) is 5.91 Å². The van der Waals surface area contributed by atoms with Gasteiger partial charge in [0.2, 0.25) is 0 Å². The van der Waals surface area contributed by atoms with Crippen molar-refractivity contribution in [2.75, 3.05) is 6.54 Å². The first-order chi connectivity index (χ1) is 8.22. The second kappa shape index (κ2) is 5.28. The van der Waals surface area contributed by atoms with E-state index in [-0.39, 0.29) is 5.91 Å². The molecule has 1 aliphatic carbocycles. The lowest BCUT2D eigenvalue weighted by atomic mass is 10.2. The molecule has 0 radical (unpaired) electrons. The first kappa shape index (κ1) is 12.1. The quantitative estimate of drug-likeness (QED) is 0.801. The van der Waals surface area contributed by atoms with E-state index in [2.05, 4.69) is 27.0 Å². The fourth-order valence-electron chi connectivity index (χ4n) is 1.67. The number of nitriles is 1. The Kier molecular flexibility index (Phi) is 3.75. The third-order valence-corrected chi connectivity index (χ3v) is 3.16. The molecule has 1 amide bonds. The summed E-state index contributed by atoms with van der Waals surface area (Å²) >= 11 is 3.24. The van der Waals surface area contributed by atoms with E-state index in [4.69, 9.17) is 5.26 Å². The fourth-order valence-corrected chi connectivity index (χ4v) is 1.91. The summed E-state index contributed by atoms with van der Waals surface area (Å²) in [5, 5.41) is 8.60. The van der Waals surface area contributed by atoms with Crippen molar-refractivity contribution >= 4 is 21.8 Å². The third-order valence-electron chi connectivity index (χ3n) is 2.69. The maximum Gasteiger partial charge on any atom is 0.255 e. The Morgan fingerprint density at radius 1 is 1.59 bits per heavy atom. The number of pyridine rings is 1. The molecule has 5 heteroatoms. The predicted molar refractivity (Wildman–Crippen MR) is 66.2 cm³/mol. The van der Waals surface area contributed by atoms with Crippen LogP contribution >= 0.6 is 15.9 Å². The number of hydrogen-bond acceptors (Lipinski definition) is 3. The van der Waals surface area contributed by atoms with E-state index in [1.54, 1.807) is 23.2 Å². The zero-order chi connectivity index (χ0) is 12.3. The Balaban J connectivity index is 2.10. The molecular formula is C12H12BrN3O. The molecule has 0 aliphatic heterocycles. The second-order valence-electron chi connectivity index (χ2n) is 4.01. The summed E-state index contributed by atoms with van der Waals surface area (Å²) in [6.07, 6.45) is 4.03. The highest BCUT2D eigenvalue weighted by atomic mass is 79.9. The average Bonchev–Trinajstić information content (AvgIpc) is 3.14. The monoisotopic (exact) mass is 293 g/mol. The molecule has 0 saturated heterocycles. The Bertz CT molecular complexity index is 448. The van der Waals surface area contributed by atoms with Crippen LogP contribution in [0.25, 0.3) is 0 Å². The molecule has 1 heterocycles. The highest BCUT2D eigenvalue weighted by molar-refractivity contribution is 9.10. The first-order valence-electron chi connectivity index (χ1n) is 5.52. The number of nitrogens with zero attached hydrogens (tertiary/aromatic N) is 3. The van der Waals surface area contributed by atoms with Gasteiger partial charge >= 0.3 is 0 Å². The van der Waals surface area contributed by atoms with Gasteiger partial charge in [-0.2, -0.15) is 5.26 Å². The maximum atomic E-state index is 12.2. The summed E-state index contributed by atoms with van der Waals surface area (Å²) in [5.41, 5.74) is 0.582. The standard InChI is InChI=1S/C12H12BrN3O/c13-11-5-2-9(8-15-11)12(17)16(7-1-6-14)10-3-4-10/h2,5,8,10H,1,3-4,7H2. The highest BCUT2D eigenvalue weighted by Gasteiger charge is 2.32. The summed E-state index contributed by atoms with van der Waals surface area (Å²) in [6, 6.07) is 5.90. The van der Waals surface area contributed by atoms with Crippen molar-refractivity contribution in [3.05, 3.63) is 28.5 Å². The van der Waals surface area contributed by atoms with E-state index in [1.165, 1.54) is 0 Å². The van der Waals surface area contributed by atoms with Gasteiger partial charge in [-0.15, -0.1) is 0 Å². The van der Waals surface area contributed by atoms with Gasteiger partial charge in [-0.1, -0.05) is 0 Å². The molecule has 1 aromatic heterocycles. The minimum absolute atomic E-state index is 0.0252. The molecule has 88 valence electrons. The Hall–Kier alpha value is -1.41. The first-order valence-corrected chi connectivity index (χ1v) is 6.31. The molecule has 4 nitrogen and oxygen atoms in total. The van der Waals surface area contributed by atoms with Crippen molar-refractivity contribution in [3.8, 4) is 6.07 Å². The Morgan fingerprint density at radius 2 is 2.35 bits per heavy atom. The molecule has 0 spiro atoms. The van der Waals surface area contributed by atoms with Gasteiger partial charge in [-0.25, -0.2) is 4.98 Å². The lowest BCUT2D eigenvalue weighted by Gasteiger charge is -2.20. The van der Waals surface area contributed by atoms with E-state index >= 15 is 0 Å². The van der Waals surface area contributed by atoms with E-state index in [1.807, 2.05) is 0 Å². The molecule has 0 unspecified atom stereocenters. The zero-order valence-corrected chi connectivity index (χ0v) is 10.9. The molecule has 1 aromatic rings. The van der Waals surface area contributed by atoms with Gasteiger partial charge in [0, 0.05) is 18.8 Å². The Morgan fingerprint density at radius 3 is 2.88 bits per heavy atom.